The highest BCUT2D eigenvalue weighted by Crippen LogP contribution is 2.18. The van der Waals surface area contributed by atoms with Gasteiger partial charge < -0.3 is 40.6 Å². The van der Waals surface area contributed by atoms with Crippen molar-refractivity contribution in [3.8, 4) is 5.75 Å². The molecule has 1 rings (SSSR count). The molecular formula is C36H48N2O10. The van der Waals surface area contributed by atoms with Crippen molar-refractivity contribution in [2.75, 3.05) is 6.61 Å². The summed E-state index contributed by atoms with van der Waals surface area (Å²) in [5.74, 6) is -2.79. The Balaban J connectivity index is 2.26. The van der Waals surface area contributed by atoms with E-state index in [1.165, 1.54) is 19.1 Å². The van der Waals surface area contributed by atoms with Crippen LogP contribution in [0.5, 0.6) is 5.75 Å². The number of aliphatic hydroxyl groups excluding tert-OH is 1. The monoisotopic (exact) mass is 668 g/mol. The fraction of sp³-hybridized carbons (Fsp3) is 0.389. The average molecular weight is 669 g/mol. The maximum absolute atomic E-state index is 12.1. The minimum absolute atomic E-state index is 0.00461. The summed E-state index contributed by atoms with van der Waals surface area (Å²) in [7, 11) is 0. The van der Waals surface area contributed by atoms with E-state index in [1.54, 1.807) is 24.3 Å². The molecule has 0 saturated carbocycles. The second kappa shape index (κ2) is 24.4. The number of hydrogen-bond acceptors (Lipinski definition) is 9. The molecule has 1 aromatic heterocycles. The fourth-order valence-corrected chi connectivity index (χ4v) is 4.01. The molecule has 0 aliphatic carbocycles. The molecule has 0 aliphatic heterocycles. The zero-order valence-corrected chi connectivity index (χ0v) is 27.4. The Labute approximate surface area is 281 Å². The summed E-state index contributed by atoms with van der Waals surface area (Å²) in [5.41, 5.74) is 4.68. The number of aromatic hydroxyl groups is 1. The Kier molecular flexibility index (Phi) is 21.0. The summed E-state index contributed by atoms with van der Waals surface area (Å²) in [6.07, 6.45) is 27.6. The molecule has 12 nitrogen and oxygen atoms in total. The first-order chi connectivity index (χ1) is 22.9. The van der Waals surface area contributed by atoms with Gasteiger partial charge >= 0.3 is 17.6 Å². The van der Waals surface area contributed by atoms with Gasteiger partial charge in [-0.25, -0.2) is 9.59 Å². The molecule has 1 amide bonds. The molecule has 0 spiro atoms. The van der Waals surface area contributed by atoms with Gasteiger partial charge in [-0.15, -0.1) is 0 Å². The first-order valence-corrected chi connectivity index (χ1v) is 15.7. The van der Waals surface area contributed by atoms with Gasteiger partial charge in [0, 0.05) is 26.0 Å². The third-order valence-electron chi connectivity index (χ3n) is 6.66. The first kappa shape index (κ1) is 41.2. The van der Waals surface area contributed by atoms with Crippen molar-refractivity contribution < 1.29 is 44.0 Å². The molecule has 262 valence electrons. The maximum Gasteiger partial charge on any atom is 0.343 e. The number of carbonyl (C=O) groups is 3. The van der Waals surface area contributed by atoms with Gasteiger partial charge in [-0.05, 0) is 51.5 Å². The summed E-state index contributed by atoms with van der Waals surface area (Å²) >= 11 is 0. The third kappa shape index (κ3) is 19.7. The number of nitrogens with one attached hydrogen (secondary N) is 1. The van der Waals surface area contributed by atoms with Gasteiger partial charge in [0.2, 0.25) is 5.91 Å². The number of carboxylic acids is 2. The molecule has 7 N–H and O–H groups in total. The van der Waals surface area contributed by atoms with Gasteiger partial charge in [-0.2, -0.15) is 0 Å². The molecule has 0 fully saturated rings. The van der Waals surface area contributed by atoms with E-state index in [2.05, 4.69) is 5.32 Å². The van der Waals surface area contributed by atoms with Crippen LogP contribution >= 0.6 is 0 Å². The lowest BCUT2D eigenvalue weighted by Gasteiger charge is -2.15. The van der Waals surface area contributed by atoms with Crippen LogP contribution in [0.4, 0.5) is 0 Å². The quantitative estimate of drug-likeness (QED) is 0.0713. The van der Waals surface area contributed by atoms with E-state index in [4.69, 9.17) is 25.1 Å². The summed E-state index contributed by atoms with van der Waals surface area (Å²) in [5, 5.41) is 40.6. The van der Waals surface area contributed by atoms with Gasteiger partial charge in [-0.3, -0.25) is 9.59 Å². The van der Waals surface area contributed by atoms with E-state index in [0.29, 0.717) is 19.3 Å². The number of nitrogens with two attached hydrogens (primary N) is 1. The predicted octanol–water partition coefficient (Wildman–Crippen LogP) is 4.35. The number of carbonyl (C=O) groups excluding carboxylic acids is 1. The lowest BCUT2D eigenvalue weighted by Crippen LogP contribution is -2.40. The molecule has 12 heteroatoms. The van der Waals surface area contributed by atoms with E-state index >= 15 is 0 Å². The summed E-state index contributed by atoms with van der Waals surface area (Å²) < 4.78 is 10.8. The van der Waals surface area contributed by atoms with E-state index in [0.717, 1.165) is 6.42 Å². The van der Waals surface area contributed by atoms with Crippen molar-refractivity contribution in [2.45, 2.75) is 83.1 Å². The van der Waals surface area contributed by atoms with Crippen molar-refractivity contribution in [3.05, 3.63) is 107 Å². The van der Waals surface area contributed by atoms with Crippen LogP contribution in [0.25, 0.3) is 6.08 Å². The molecule has 0 bridgehead atoms. The SMILES string of the molecule is CC(=O)N[C@@H](CCO[C@@H](C)C/C=C/CC[C@H](O)C/C=C/C=C\C=C/C=C/C=C/C=C/c1cc(O)c(CC[C@H](N)C(=O)O)c(=O)o1)C(=O)O. The predicted molar refractivity (Wildman–Crippen MR) is 184 cm³/mol. The Bertz CT molecular complexity index is 1420. The summed E-state index contributed by atoms with van der Waals surface area (Å²) in [4.78, 5) is 45.1. The van der Waals surface area contributed by atoms with Crippen LogP contribution in [0.3, 0.4) is 0 Å². The number of aliphatic hydroxyl groups is 1. The summed E-state index contributed by atoms with van der Waals surface area (Å²) in [6.45, 7) is 3.39. The van der Waals surface area contributed by atoms with Gasteiger partial charge in [0.05, 0.1) is 17.8 Å². The van der Waals surface area contributed by atoms with Crippen LogP contribution in [0.1, 0.15) is 63.7 Å². The van der Waals surface area contributed by atoms with E-state index < -0.39 is 41.7 Å². The van der Waals surface area contributed by atoms with Gasteiger partial charge in [0.15, 0.2) is 0 Å². The second-order valence-electron chi connectivity index (χ2n) is 10.8. The minimum atomic E-state index is -1.18. The fourth-order valence-electron chi connectivity index (χ4n) is 4.01. The molecule has 0 aromatic carbocycles. The molecule has 48 heavy (non-hydrogen) atoms. The van der Waals surface area contributed by atoms with Crippen LogP contribution < -0.4 is 16.7 Å². The highest BCUT2D eigenvalue weighted by molar-refractivity contribution is 5.82. The topological polar surface area (TPSA) is 210 Å². The van der Waals surface area contributed by atoms with Crippen molar-refractivity contribution in [1.29, 1.82) is 0 Å². The van der Waals surface area contributed by atoms with Crippen LogP contribution in [0, 0.1) is 0 Å². The van der Waals surface area contributed by atoms with E-state index in [-0.39, 0.29) is 49.0 Å². The third-order valence-corrected chi connectivity index (χ3v) is 6.66. The van der Waals surface area contributed by atoms with Crippen molar-refractivity contribution in [2.24, 2.45) is 5.73 Å². The number of hydrogen-bond donors (Lipinski definition) is 6. The summed E-state index contributed by atoms with van der Waals surface area (Å²) in [6, 6.07) is -0.807. The van der Waals surface area contributed by atoms with Crippen LogP contribution in [-0.4, -0.2) is 69.2 Å². The highest BCUT2D eigenvalue weighted by Gasteiger charge is 2.18. The molecule has 4 atom stereocenters. The molecule has 0 unspecified atom stereocenters. The van der Waals surface area contributed by atoms with Crippen LogP contribution in [0.2, 0.25) is 0 Å². The second-order valence-corrected chi connectivity index (χ2v) is 10.8. The van der Waals surface area contributed by atoms with Crippen molar-refractivity contribution in [1.82, 2.24) is 5.32 Å². The van der Waals surface area contributed by atoms with E-state index in [1.807, 2.05) is 61.6 Å². The lowest BCUT2D eigenvalue weighted by molar-refractivity contribution is -0.142. The molecule has 1 aromatic rings. The van der Waals surface area contributed by atoms with Crippen molar-refractivity contribution >= 4 is 23.9 Å². The van der Waals surface area contributed by atoms with E-state index in [9.17, 15) is 29.4 Å². The number of aliphatic carboxylic acids is 2. The number of allylic oxidation sites excluding steroid dienone is 11. The maximum atomic E-state index is 12.1. The molecule has 1 heterocycles. The average Bonchev–Trinajstić information content (AvgIpc) is 3.01. The number of carboxylic acid groups (broad SMARTS) is 2. The van der Waals surface area contributed by atoms with Gasteiger partial charge in [0.25, 0.3) is 0 Å². The Morgan fingerprint density at radius 3 is 2.10 bits per heavy atom. The Morgan fingerprint density at radius 2 is 1.52 bits per heavy atom. The number of amides is 1. The Hall–Kier alpha value is -4.78. The molecule has 0 radical (unpaired) electrons. The zero-order valence-electron chi connectivity index (χ0n) is 27.4. The van der Waals surface area contributed by atoms with Crippen LogP contribution in [0.15, 0.2) is 94.3 Å². The normalized spacial score (nSPS) is 15.1. The number of rotatable bonds is 23. The van der Waals surface area contributed by atoms with Gasteiger partial charge in [0.1, 0.15) is 23.6 Å². The minimum Gasteiger partial charge on any atom is -0.507 e. The smallest absolute Gasteiger partial charge is 0.343 e. The largest absolute Gasteiger partial charge is 0.507 e. The van der Waals surface area contributed by atoms with Crippen LogP contribution in [-0.2, 0) is 25.5 Å². The molecular weight excluding hydrogens is 620 g/mol. The highest BCUT2D eigenvalue weighted by atomic mass is 16.5. The Morgan fingerprint density at radius 1 is 0.896 bits per heavy atom. The molecule has 0 aliphatic rings. The zero-order chi connectivity index (χ0) is 35.7. The first-order valence-electron chi connectivity index (χ1n) is 15.7. The van der Waals surface area contributed by atoms with Crippen molar-refractivity contribution in [3.63, 3.8) is 0 Å². The van der Waals surface area contributed by atoms with Gasteiger partial charge in [-0.1, -0.05) is 79.0 Å². The lowest BCUT2D eigenvalue weighted by atomic mass is 10.1. The standard InChI is InChI=1S/C36H48N2O10/c1-26(47-24-23-32(35(44)45)38-27(2)39)17-13-12-15-19-28(40)18-14-10-8-6-4-3-5-7-9-11-16-20-29-25-33(41)30(36(46)48-29)21-22-31(37)34(42)43/h3-14,16,20,25-26,28,31-32,40-41H,15,17-19,21-24,37H2,1-2H3,(H,38,39)(H,42,43)(H,44,45)/b4-3-,7-5+,8-6-,11-9+,13-12+,14-10+,20-16+/t26-,28+,31-,32-/m0/s1. The number of ether oxygens (including phenoxy) is 1. The molecule has 0 saturated heterocycles.